The number of methoxy groups -OCH3 is 1. The lowest BCUT2D eigenvalue weighted by molar-refractivity contribution is 0.192. The van der Waals surface area contributed by atoms with Crippen LogP contribution < -0.4 is 5.32 Å². The van der Waals surface area contributed by atoms with Crippen molar-refractivity contribution in [1.82, 2.24) is 5.32 Å². The fourth-order valence-electron chi connectivity index (χ4n) is 1.53. The molecular weight excluding hydrogens is 270 g/mol. The quantitative estimate of drug-likeness (QED) is 0.744. The molecule has 1 heterocycles. The zero-order valence-electron chi connectivity index (χ0n) is 9.96. The maximum absolute atomic E-state index is 5.48. The van der Waals surface area contributed by atoms with E-state index in [-0.39, 0.29) is 6.04 Å². The Kier molecular flexibility index (Phi) is 6.76. The predicted molar refractivity (Wildman–Crippen MR) is 68.6 cm³/mol. The van der Waals surface area contributed by atoms with Crippen LogP contribution in [-0.2, 0) is 4.74 Å². The van der Waals surface area contributed by atoms with Gasteiger partial charge in [-0.1, -0.05) is 0 Å². The average molecular weight is 290 g/mol. The molecule has 1 atom stereocenters. The maximum atomic E-state index is 5.48. The largest absolute Gasteiger partial charge is 0.453 e. The molecule has 1 N–H and O–H groups in total. The Bertz CT molecular complexity index is 288. The molecule has 0 radical (unpaired) electrons. The third-order valence-corrected chi connectivity index (χ3v) is 2.92. The molecule has 1 rings (SSSR count). The van der Waals surface area contributed by atoms with Crippen LogP contribution in [-0.4, -0.2) is 20.3 Å². The zero-order valence-corrected chi connectivity index (χ0v) is 11.5. The minimum Gasteiger partial charge on any atom is -0.453 e. The SMILES string of the molecule is COCCCCCNC(C)c1ccc(Br)o1. The summed E-state index contributed by atoms with van der Waals surface area (Å²) in [5.74, 6) is 0.976. The van der Waals surface area contributed by atoms with Crippen molar-refractivity contribution in [3.63, 3.8) is 0 Å². The Morgan fingerprint density at radius 2 is 2.19 bits per heavy atom. The Morgan fingerprint density at radius 3 is 2.81 bits per heavy atom. The van der Waals surface area contributed by atoms with Crippen LogP contribution in [0, 0.1) is 0 Å². The molecule has 3 nitrogen and oxygen atoms in total. The van der Waals surface area contributed by atoms with Gasteiger partial charge < -0.3 is 14.5 Å². The summed E-state index contributed by atoms with van der Waals surface area (Å²) in [5, 5.41) is 3.43. The van der Waals surface area contributed by atoms with Crippen molar-refractivity contribution < 1.29 is 9.15 Å². The van der Waals surface area contributed by atoms with E-state index < -0.39 is 0 Å². The highest BCUT2D eigenvalue weighted by Gasteiger charge is 2.08. The number of furan rings is 1. The van der Waals surface area contributed by atoms with Crippen LogP contribution in [0.15, 0.2) is 21.2 Å². The second-order valence-electron chi connectivity index (χ2n) is 3.87. The van der Waals surface area contributed by atoms with Gasteiger partial charge in [0.1, 0.15) is 5.76 Å². The molecule has 0 amide bonds. The highest BCUT2D eigenvalue weighted by Crippen LogP contribution is 2.19. The lowest BCUT2D eigenvalue weighted by Gasteiger charge is -2.10. The number of nitrogens with one attached hydrogen (secondary N) is 1. The molecule has 0 saturated carbocycles. The first-order valence-corrected chi connectivity index (χ1v) is 6.51. The summed E-state index contributed by atoms with van der Waals surface area (Å²) in [4.78, 5) is 0. The van der Waals surface area contributed by atoms with Crippen molar-refractivity contribution in [2.24, 2.45) is 0 Å². The van der Waals surface area contributed by atoms with E-state index in [0.29, 0.717) is 0 Å². The molecule has 92 valence electrons. The topological polar surface area (TPSA) is 34.4 Å². The van der Waals surface area contributed by atoms with Crippen LogP contribution >= 0.6 is 15.9 Å². The van der Waals surface area contributed by atoms with Gasteiger partial charge in [-0.05, 0) is 60.8 Å². The first kappa shape index (κ1) is 13.7. The Balaban J connectivity index is 2.09. The molecule has 0 aliphatic rings. The average Bonchev–Trinajstić information content (AvgIpc) is 2.70. The lowest BCUT2D eigenvalue weighted by Crippen LogP contribution is -2.19. The molecule has 1 aromatic rings. The Hall–Kier alpha value is -0.320. The van der Waals surface area contributed by atoms with Gasteiger partial charge in [-0.3, -0.25) is 0 Å². The number of hydrogen-bond donors (Lipinski definition) is 1. The summed E-state index contributed by atoms with van der Waals surface area (Å²) in [6.45, 7) is 3.99. The number of halogens is 1. The first-order valence-electron chi connectivity index (χ1n) is 5.71. The molecule has 0 aliphatic carbocycles. The molecule has 0 spiro atoms. The molecule has 16 heavy (non-hydrogen) atoms. The molecule has 0 bridgehead atoms. The van der Waals surface area contributed by atoms with Crippen molar-refractivity contribution in [3.05, 3.63) is 22.6 Å². The maximum Gasteiger partial charge on any atom is 0.169 e. The monoisotopic (exact) mass is 289 g/mol. The summed E-state index contributed by atoms with van der Waals surface area (Å²) >= 11 is 3.30. The fourth-order valence-corrected chi connectivity index (χ4v) is 1.85. The molecule has 0 fully saturated rings. The van der Waals surface area contributed by atoms with Gasteiger partial charge in [0.15, 0.2) is 4.67 Å². The second-order valence-corrected chi connectivity index (χ2v) is 4.65. The van der Waals surface area contributed by atoms with Crippen molar-refractivity contribution in [2.75, 3.05) is 20.3 Å². The Morgan fingerprint density at radius 1 is 1.38 bits per heavy atom. The standard InChI is InChI=1S/C12H20BrNO2/c1-10(11-6-7-12(13)16-11)14-8-4-3-5-9-15-2/h6-7,10,14H,3-5,8-9H2,1-2H3. The van der Waals surface area contributed by atoms with E-state index in [1.807, 2.05) is 12.1 Å². The van der Waals surface area contributed by atoms with Gasteiger partial charge in [0.2, 0.25) is 0 Å². The van der Waals surface area contributed by atoms with Gasteiger partial charge in [0.05, 0.1) is 6.04 Å². The van der Waals surface area contributed by atoms with Gasteiger partial charge >= 0.3 is 0 Å². The first-order chi connectivity index (χ1) is 7.74. The van der Waals surface area contributed by atoms with E-state index in [4.69, 9.17) is 9.15 Å². The normalized spacial score (nSPS) is 12.9. The highest BCUT2D eigenvalue weighted by molar-refractivity contribution is 9.10. The highest BCUT2D eigenvalue weighted by atomic mass is 79.9. The molecule has 1 aromatic heterocycles. The summed E-state index contributed by atoms with van der Waals surface area (Å²) in [6.07, 6.45) is 3.52. The van der Waals surface area contributed by atoms with Crippen LogP contribution in [0.2, 0.25) is 0 Å². The van der Waals surface area contributed by atoms with Crippen LogP contribution in [0.4, 0.5) is 0 Å². The molecule has 0 aromatic carbocycles. The number of rotatable bonds is 8. The third-order valence-electron chi connectivity index (χ3n) is 2.50. The summed E-state index contributed by atoms with van der Waals surface area (Å²) in [5.41, 5.74) is 0. The van der Waals surface area contributed by atoms with E-state index >= 15 is 0 Å². The summed E-state index contributed by atoms with van der Waals surface area (Å²) in [7, 11) is 1.75. The number of hydrogen-bond acceptors (Lipinski definition) is 3. The molecule has 4 heteroatoms. The number of unbranched alkanes of at least 4 members (excludes halogenated alkanes) is 2. The minimum atomic E-state index is 0.272. The fraction of sp³-hybridized carbons (Fsp3) is 0.667. The molecular formula is C12H20BrNO2. The predicted octanol–water partition coefficient (Wildman–Crippen LogP) is 3.51. The van der Waals surface area contributed by atoms with Gasteiger partial charge in [0.25, 0.3) is 0 Å². The minimum absolute atomic E-state index is 0.272. The summed E-state index contributed by atoms with van der Waals surface area (Å²) in [6, 6.07) is 4.19. The van der Waals surface area contributed by atoms with Gasteiger partial charge in [-0.2, -0.15) is 0 Å². The zero-order chi connectivity index (χ0) is 11.8. The number of ether oxygens (including phenoxy) is 1. The van der Waals surface area contributed by atoms with Crippen molar-refractivity contribution >= 4 is 15.9 Å². The lowest BCUT2D eigenvalue weighted by atomic mass is 10.2. The van der Waals surface area contributed by atoms with Crippen molar-refractivity contribution in [3.8, 4) is 0 Å². The van der Waals surface area contributed by atoms with Gasteiger partial charge in [-0.15, -0.1) is 0 Å². The van der Waals surface area contributed by atoms with Gasteiger partial charge in [-0.25, -0.2) is 0 Å². The van der Waals surface area contributed by atoms with Crippen molar-refractivity contribution in [1.29, 1.82) is 0 Å². The van der Waals surface area contributed by atoms with E-state index in [1.54, 1.807) is 7.11 Å². The Labute approximate surface area is 106 Å². The van der Waals surface area contributed by atoms with E-state index in [9.17, 15) is 0 Å². The van der Waals surface area contributed by atoms with Crippen LogP contribution in [0.5, 0.6) is 0 Å². The van der Waals surface area contributed by atoms with Crippen LogP contribution in [0.3, 0.4) is 0 Å². The van der Waals surface area contributed by atoms with Gasteiger partial charge in [0, 0.05) is 13.7 Å². The van der Waals surface area contributed by atoms with Crippen LogP contribution in [0.1, 0.15) is 38.0 Å². The molecule has 0 saturated heterocycles. The molecule has 1 unspecified atom stereocenters. The van der Waals surface area contributed by atoms with Crippen LogP contribution in [0.25, 0.3) is 0 Å². The summed E-state index contributed by atoms with van der Waals surface area (Å²) < 4.78 is 11.3. The third kappa shape index (κ3) is 5.14. The van der Waals surface area contributed by atoms with E-state index in [1.165, 1.54) is 12.8 Å². The molecule has 0 aliphatic heterocycles. The second kappa shape index (κ2) is 7.87. The van der Waals surface area contributed by atoms with Crippen molar-refractivity contribution in [2.45, 2.75) is 32.2 Å². The van der Waals surface area contributed by atoms with E-state index in [0.717, 1.165) is 30.0 Å². The smallest absolute Gasteiger partial charge is 0.169 e. The van der Waals surface area contributed by atoms with E-state index in [2.05, 4.69) is 28.2 Å².